The third-order valence-electron chi connectivity index (χ3n) is 3.13. The van der Waals surface area contributed by atoms with Gasteiger partial charge in [-0.15, -0.1) is 0 Å². The van der Waals surface area contributed by atoms with E-state index in [1.54, 1.807) is 0 Å². The molecule has 0 aliphatic carbocycles. The van der Waals surface area contributed by atoms with Gasteiger partial charge in [-0.05, 0) is 60.7 Å². The second-order valence-electron chi connectivity index (χ2n) is 4.61. The molecule has 0 heterocycles. The Labute approximate surface area is 117 Å². The lowest BCUT2D eigenvalue weighted by Gasteiger charge is -2.08. The Hall–Kier alpha value is -1.12. The molecule has 0 atom stereocenters. The van der Waals surface area contributed by atoms with Gasteiger partial charge in [0.1, 0.15) is 0 Å². The first kappa shape index (κ1) is 13.3. The van der Waals surface area contributed by atoms with Crippen LogP contribution < -0.4 is 5.73 Å². The van der Waals surface area contributed by atoms with Gasteiger partial charge in [0.25, 0.3) is 0 Å². The van der Waals surface area contributed by atoms with Gasteiger partial charge < -0.3 is 5.73 Å². The molecule has 0 radical (unpaired) electrons. The average molecular weight is 304 g/mol. The van der Waals surface area contributed by atoms with Crippen molar-refractivity contribution in [2.45, 2.75) is 19.8 Å². The minimum atomic E-state index is 0.708. The summed E-state index contributed by atoms with van der Waals surface area (Å²) in [5.41, 5.74) is 11.0. The lowest BCUT2D eigenvalue weighted by atomic mass is 9.99. The van der Waals surface area contributed by atoms with Gasteiger partial charge in [0.05, 0.1) is 0 Å². The van der Waals surface area contributed by atoms with Gasteiger partial charge in [-0.3, -0.25) is 0 Å². The average Bonchev–Trinajstić information content (AvgIpc) is 2.35. The van der Waals surface area contributed by atoms with Crippen LogP contribution in [0.15, 0.2) is 46.9 Å². The maximum Gasteiger partial charge on any atom is 0.0178 e. The summed E-state index contributed by atoms with van der Waals surface area (Å²) in [7, 11) is 0. The van der Waals surface area contributed by atoms with Crippen LogP contribution in [0.1, 0.15) is 22.3 Å². The zero-order valence-electron chi connectivity index (χ0n) is 10.6. The number of nitrogens with two attached hydrogens (primary N) is 1. The van der Waals surface area contributed by atoms with E-state index in [2.05, 4.69) is 65.3 Å². The van der Waals surface area contributed by atoms with Crippen LogP contribution in [-0.4, -0.2) is 6.54 Å². The van der Waals surface area contributed by atoms with Gasteiger partial charge in [-0.2, -0.15) is 0 Å². The van der Waals surface area contributed by atoms with Crippen molar-refractivity contribution in [1.82, 2.24) is 0 Å². The number of hydrogen-bond donors (Lipinski definition) is 1. The lowest BCUT2D eigenvalue weighted by Crippen LogP contribution is -2.03. The van der Waals surface area contributed by atoms with E-state index in [0.717, 1.165) is 17.3 Å². The molecule has 2 aromatic rings. The minimum absolute atomic E-state index is 0.708. The molecule has 0 aliphatic heterocycles. The molecule has 94 valence electrons. The number of aryl methyl sites for hydroxylation is 1. The van der Waals surface area contributed by atoms with Crippen molar-refractivity contribution in [3.8, 4) is 0 Å². The molecule has 2 aromatic carbocycles. The molecule has 0 bridgehead atoms. The Bertz CT molecular complexity index is 534. The molecule has 0 amide bonds. The standard InChI is InChI=1S/C16H18BrN/c1-12-5-6-16(17)11-15(12)10-14-4-2-3-13(9-14)7-8-18/h2-6,9,11H,7-8,10,18H2,1H3. The highest BCUT2D eigenvalue weighted by atomic mass is 79.9. The highest BCUT2D eigenvalue weighted by molar-refractivity contribution is 9.10. The van der Waals surface area contributed by atoms with Gasteiger partial charge in [0, 0.05) is 4.47 Å². The normalized spacial score (nSPS) is 10.6. The maximum absolute atomic E-state index is 5.60. The summed E-state index contributed by atoms with van der Waals surface area (Å²) in [6.07, 6.45) is 1.93. The monoisotopic (exact) mass is 303 g/mol. The first-order valence-corrected chi connectivity index (χ1v) is 7.01. The first-order chi connectivity index (χ1) is 8.69. The fraction of sp³-hybridized carbons (Fsp3) is 0.250. The summed E-state index contributed by atoms with van der Waals surface area (Å²) < 4.78 is 1.14. The van der Waals surface area contributed by atoms with Gasteiger partial charge in [-0.1, -0.05) is 46.3 Å². The van der Waals surface area contributed by atoms with E-state index in [0.29, 0.717) is 6.54 Å². The molecule has 2 N–H and O–H groups in total. The Kier molecular flexibility index (Phi) is 4.56. The van der Waals surface area contributed by atoms with E-state index >= 15 is 0 Å². The third kappa shape index (κ3) is 3.44. The van der Waals surface area contributed by atoms with Crippen molar-refractivity contribution in [3.05, 3.63) is 69.2 Å². The molecule has 0 saturated carbocycles. The molecular weight excluding hydrogens is 286 g/mol. The Morgan fingerprint density at radius 2 is 1.83 bits per heavy atom. The molecule has 0 unspecified atom stereocenters. The van der Waals surface area contributed by atoms with Crippen molar-refractivity contribution < 1.29 is 0 Å². The fourth-order valence-corrected chi connectivity index (χ4v) is 2.52. The van der Waals surface area contributed by atoms with Crippen LogP contribution >= 0.6 is 15.9 Å². The van der Waals surface area contributed by atoms with Gasteiger partial charge in [0.15, 0.2) is 0 Å². The molecule has 2 heteroatoms. The maximum atomic E-state index is 5.60. The molecular formula is C16H18BrN. The van der Waals surface area contributed by atoms with Crippen molar-refractivity contribution >= 4 is 15.9 Å². The van der Waals surface area contributed by atoms with Gasteiger partial charge in [0.2, 0.25) is 0 Å². The topological polar surface area (TPSA) is 26.0 Å². The van der Waals surface area contributed by atoms with E-state index in [1.807, 2.05) is 0 Å². The van der Waals surface area contributed by atoms with E-state index in [4.69, 9.17) is 5.73 Å². The number of benzene rings is 2. The van der Waals surface area contributed by atoms with Crippen molar-refractivity contribution in [1.29, 1.82) is 0 Å². The van der Waals surface area contributed by atoms with E-state index in [9.17, 15) is 0 Å². The van der Waals surface area contributed by atoms with Crippen molar-refractivity contribution in [3.63, 3.8) is 0 Å². The molecule has 1 nitrogen and oxygen atoms in total. The number of halogens is 1. The first-order valence-electron chi connectivity index (χ1n) is 6.22. The van der Waals surface area contributed by atoms with Crippen LogP contribution in [0.3, 0.4) is 0 Å². The Morgan fingerprint density at radius 1 is 1.06 bits per heavy atom. The second kappa shape index (κ2) is 6.17. The predicted octanol–water partition coefficient (Wildman–Crippen LogP) is 3.85. The summed E-state index contributed by atoms with van der Waals surface area (Å²) in [6.45, 7) is 2.87. The molecule has 0 saturated heterocycles. The Balaban J connectivity index is 2.22. The predicted molar refractivity (Wildman–Crippen MR) is 80.9 cm³/mol. The molecule has 0 aromatic heterocycles. The lowest BCUT2D eigenvalue weighted by molar-refractivity contribution is 0.963. The summed E-state index contributed by atoms with van der Waals surface area (Å²) >= 11 is 3.53. The summed E-state index contributed by atoms with van der Waals surface area (Å²) in [5.74, 6) is 0. The van der Waals surface area contributed by atoms with Crippen molar-refractivity contribution in [2.24, 2.45) is 5.73 Å². The second-order valence-corrected chi connectivity index (χ2v) is 5.52. The molecule has 2 rings (SSSR count). The molecule has 0 fully saturated rings. The zero-order valence-corrected chi connectivity index (χ0v) is 12.2. The van der Waals surface area contributed by atoms with Crippen LogP contribution in [0.5, 0.6) is 0 Å². The molecule has 0 aliphatic rings. The smallest absolute Gasteiger partial charge is 0.0178 e. The highest BCUT2D eigenvalue weighted by Crippen LogP contribution is 2.19. The van der Waals surface area contributed by atoms with Gasteiger partial charge >= 0.3 is 0 Å². The van der Waals surface area contributed by atoms with Crippen LogP contribution in [0.4, 0.5) is 0 Å². The highest BCUT2D eigenvalue weighted by Gasteiger charge is 2.02. The van der Waals surface area contributed by atoms with Crippen LogP contribution in [0.2, 0.25) is 0 Å². The minimum Gasteiger partial charge on any atom is -0.330 e. The largest absolute Gasteiger partial charge is 0.330 e. The molecule has 18 heavy (non-hydrogen) atoms. The van der Waals surface area contributed by atoms with E-state index in [1.165, 1.54) is 22.3 Å². The van der Waals surface area contributed by atoms with Crippen LogP contribution in [0.25, 0.3) is 0 Å². The summed E-state index contributed by atoms with van der Waals surface area (Å²) in [6, 6.07) is 15.1. The van der Waals surface area contributed by atoms with E-state index in [-0.39, 0.29) is 0 Å². The van der Waals surface area contributed by atoms with Crippen LogP contribution in [-0.2, 0) is 12.8 Å². The SMILES string of the molecule is Cc1ccc(Br)cc1Cc1cccc(CCN)c1. The fourth-order valence-electron chi connectivity index (χ4n) is 2.11. The summed E-state index contributed by atoms with van der Waals surface area (Å²) in [4.78, 5) is 0. The van der Waals surface area contributed by atoms with Crippen molar-refractivity contribution in [2.75, 3.05) is 6.54 Å². The zero-order chi connectivity index (χ0) is 13.0. The van der Waals surface area contributed by atoms with Gasteiger partial charge in [-0.25, -0.2) is 0 Å². The van der Waals surface area contributed by atoms with Crippen LogP contribution in [0, 0.1) is 6.92 Å². The number of rotatable bonds is 4. The Morgan fingerprint density at radius 3 is 2.61 bits per heavy atom. The third-order valence-corrected chi connectivity index (χ3v) is 3.62. The molecule has 0 spiro atoms. The van der Waals surface area contributed by atoms with E-state index < -0.39 is 0 Å². The summed E-state index contributed by atoms with van der Waals surface area (Å²) in [5, 5.41) is 0. The number of hydrogen-bond acceptors (Lipinski definition) is 1. The quantitative estimate of drug-likeness (QED) is 0.912.